The summed E-state index contributed by atoms with van der Waals surface area (Å²) in [5.74, 6) is 0.203. The molecular weight excluding hydrogens is 240 g/mol. The lowest BCUT2D eigenvalue weighted by Gasteiger charge is -2.24. The van der Waals surface area contributed by atoms with E-state index >= 15 is 0 Å². The SMILES string of the molecule is CCNC(c1c(F)cccc1F)C1CCCS1. The zero-order valence-electron chi connectivity index (χ0n) is 9.88. The molecule has 0 bridgehead atoms. The summed E-state index contributed by atoms with van der Waals surface area (Å²) in [5.41, 5.74) is 0.203. The minimum atomic E-state index is -0.441. The first-order chi connectivity index (χ1) is 8.24. The molecule has 1 heterocycles. The van der Waals surface area contributed by atoms with Gasteiger partial charge in [-0.2, -0.15) is 11.8 Å². The van der Waals surface area contributed by atoms with Crippen LogP contribution in [0, 0.1) is 11.6 Å². The molecule has 1 N–H and O–H groups in total. The van der Waals surface area contributed by atoms with Gasteiger partial charge in [0, 0.05) is 16.9 Å². The molecule has 1 aromatic carbocycles. The molecular formula is C13H17F2NS. The molecule has 2 atom stereocenters. The molecule has 1 fully saturated rings. The van der Waals surface area contributed by atoms with Gasteiger partial charge in [-0.05, 0) is 37.3 Å². The Bertz CT molecular complexity index is 357. The lowest BCUT2D eigenvalue weighted by Crippen LogP contribution is -2.30. The quantitative estimate of drug-likeness (QED) is 0.886. The summed E-state index contributed by atoms with van der Waals surface area (Å²) in [7, 11) is 0. The van der Waals surface area contributed by atoms with Crippen LogP contribution in [0.2, 0.25) is 0 Å². The molecule has 1 saturated heterocycles. The van der Waals surface area contributed by atoms with Crippen molar-refractivity contribution in [1.29, 1.82) is 0 Å². The summed E-state index contributed by atoms with van der Waals surface area (Å²) in [6.07, 6.45) is 2.16. The van der Waals surface area contributed by atoms with E-state index in [0.29, 0.717) is 0 Å². The van der Waals surface area contributed by atoms with Gasteiger partial charge in [-0.25, -0.2) is 8.78 Å². The molecule has 1 nitrogen and oxygen atoms in total. The van der Waals surface area contributed by atoms with E-state index in [1.165, 1.54) is 18.2 Å². The van der Waals surface area contributed by atoms with Gasteiger partial charge in [-0.3, -0.25) is 0 Å². The van der Waals surface area contributed by atoms with Crippen LogP contribution in [0.15, 0.2) is 18.2 Å². The van der Waals surface area contributed by atoms with Crippen LogP contribution in [0.3, 0.4) is 0 Å². The zero-order chi connectivity index (χ0) is 12.3. The third-order valence-corrected chi connectivity index (χ3v) is 4.53. The number of nitrogens with one attached hydrogen (secondary N) is 1. The average molecular weight is 257 g/mol. The van der Waals surface area contributed by atoms with Gasteiger partial charge < -0.3 is 5.32 Å². The Balaban J connectivity index is 2.31. The minimum absolute atomic E-state index is 0.203. The fourth-order valence-corrected chi connectivity index (χ4v) is 3.71. The van der Waals surface area contributed by atoms with Gasteiger partial charge in [0.25, 0.3) is 0 Å². The highest BCUT2D eigenvalue weighted by molar-refractivity contribution is 8.00. The fourth-order valence-electron chi connectivity index (χ4n) is 2.31. The molecule has 1 aromatic rings. The maximum absolute atomic E-state index is 13.8. The van der Waals surface area contributed by atoms with Crippen molar-refractivity contribution in [1.82, 2.24) is 5.32 Å². The largest absolute Gasteiger partial charge is 0.309 e. The Labute approximate surface area is 105 Å². The Hall–Kier alpha value is -0.610. The van der Waals surface area contributed by atoms with Crippen LogP contribution in [0.5, 0.6) is 0 Å². The van der Waals surface area contributed by atoms with Crippen molar-refractivity contribution in [3.63, 3.8) is 0 Å². The lowest BCUT2D eigenvalue weighted by atomic mass is 9.99. The molecule has 0 radical (unpaired) electrons. The Morgan fingerprint density at radius 3 is 2.65 bits per heavy atom. The van der Waals surface area contributed by atoms with E-state index in [1.54, 1.807) is 11.8 Å². The summed E-state index contributed by atoms with van der Waals surface area (Å²) in [6, 6.07) is 3.87. The van der Waals surface area contributed by atoms with E-state index in [0.717, 1.165) is 25.1 Å². The van der Waals surface area contributed by atoms with E-state index in [1.807, 2.05) is 6.92 Å². The zero-order valence-corrected chi connectivity index (χ0v) is 10.7. The normalized spacial score (nSPS) is 21.7. The topological polar surface area (TPSA) is 12.0 Å². The van der Waals surface area contributed by atoms with Crippen molar-refractivity contribution in [3.05, 3.63) is 35.4 Å². The fraction of sp³-hybridized carbons (Fsp3) is 0.538. The first-order valence-corrected chi connectivity index (χ1v) is 7.07. The number of benzene rings is 1. The van der Waals surface area contributed by atoms with Crippen molar-refractivity contribution < 1.29 is 8.78 Å². The molecule has 0 spiro atoms. The first kappa shape index (κ1) is 12.8. The van der Waals surface area contributed by atoms with Crippen molar-refractivity contribution in [2.24, 2.45) is 0 Å². The number of halogens is 2. The van der Waals surface area contributed by atoms with Crippen LogP contribution in [0.1, 0.15) is 31.4 Å². The summed E-state index contributed by atoms with van der Waals surface area (Å²) in [6.45, 7) is 2.68. The summed E-state index contributed by atoms with van der Waals surface area (Å²) >= 11 is 1.81. The molecule has 0 amide bonds. The summed E-state index contributed by atoms with van der Waals surface area (Å²) < 4.78 is 27.6. The Morgan fingerprint density at radius 1 is 1.41 bits per heavy atom. The van der Waals surface area contributed by atoms with Crippen LogP contribution in [-0.2, 0) is 0 Å². The van der Waals surface area contributed by atoms with Gasteiger partial charge in [-0.15, -0.1) is 0 Å². The van der Waals surface area contributed by atoms with Crippen LogP contribution >= 0.6 is 11.8 Å². The monoisotopic (exact) mass is 257 g/mol. The van der Waals surface area contributed by atoms with Crippen LogP contribution in [0.25, 0.3) is 0 Å². The average Bonchev–Trinajstić information content (AvgIpc) is 2.80. The third-order valence-electron chi connectivity index (χ3n) is 3.07. The van der Waals surface area contributed by atoms with E-state index < -0.39 is 11.6 Å². The van der Waals surface area contributed by atoms with Crippen molar-refractivity contribution in [2.45, 2.75) is 31.1 Å². The molecule has 17 heavy (non-hydrogen) atoms. The minimum Gasteiger partial charge on any atom is -0.309 e. The number of hydrogen-bond donors (Lipinski definition) is 1. The standard InChI is InChI=1S/C13H17F2NS/c1-2-16-13(11-7-4-8-17-11)12-9(14)5-3-6-10(12)15/h3,5-6,11,13,16H,2,4,7-8H2,1H3. The first-order valence-electron chi connectivity index (χ1n) is 6.03. The molecule has 1 aliphatic rings. The highest BCUT2D eigenvalue weighted by atomic mass is 32.2. The molecule has 2 unspecified atom stereocenters. The lowest BCUT2D eigenvalue weighted by molar-refractivity contribution is 0.458. The smallest absolute Gasteiger partial charge is 0.130 e. The summed E-state index contributed by atoms with van der Waals surface area (Å²) in [5, 5.41) is 3.50. The number of hydrogen-bond acceptors (Lipinski definition) is 2. The molecule has 4 heteroatoms. The van der Waals surface area contributed by atoms with Gasteiger partial charge in [0.2, 0.25) is 0 Å². The maximum atomic E-state index is 13.8. The number of rotatable bonds is 4. The molecule has 0 aliphatic carbocycles. The third kappa shape index (κ3) is 2.80. The predicted octanol–water partition coefficient (Wildman–Crippen LogP) is 3.51. The highest BCUT2D eigenvalue weighted by Crippen LogP contribution is 2.37. The Kier molecular flexibility index (Phi) is 4.40. The molecule has 2 rings (SSSR count). The number of thioether (sulfide) groups is 1. The van der Waals surface area contributed by atoms with E-state index in [9.17, 15) is 8.78 Å². The molecule has 0 saturated carbocycles. The van der Waals surface area contributed by atoms with E-state index in [2.05, 4.69) is 5.32 Å². The Morgan fingerprint density at radius 2 is 2.12 bits per heavy atom. The van der Waals surface area contributed by atoms with Gasteiger partial charge in [0.15, 0.2) is 0 Å². The second-order valence-corrected chi connectivity index (χ2v) is 5.57. The van der Waals surface area contributed by atoms with Crippen LogP contribution < -0.4 is 5.32 Å². The second kappa shape index (κ2) is 5.83. The maximum Gasteiger partial charge on any atom is 0.130 e. The van der Waals surface area contributed by atoms with Crippen molar-refractivity contribution in [3.8, 4) is 0 Å². The van der Waals surface area contributed by atoms with Gasteiger partial charge in [0.1, 0.15) is 11.6 Å². The van der Waals surface area contributed by atoms with E-state index in [-0.39, 0.29) is 16.9 Å². The van der Waals surface area contributed by atoms with Crippen LogP contribution in [0.4, 0.5) is 8.78 Å². The van der Waals surface area contributed by atoms with Crippen LogP contribution in [-0.4, -0.2) is 17.5 Å². The van der Waals surface area contributed by atoms with Crippen molar-refractivity contribution in [2.75, 3.05) is 12.3 Å². The summed E-state index contributed by atoms with van der Waals surface area (Å²) in [4.78, 5) is 0. The molecule has 0 aromatic heterocycles. The second-order valence-electron chi connectivity index (χ2n) is 4.22. The van der Waals surface area contributed by atoms with Gasteiger partial charge in [-0.1, -0.05) is 13.0 Å². The van der Waals surface area contributed by atoms with E-state index in [4.69, 9.17) is 0 Å². The van der Waals surface area contributed by atoms with Gasteiger partial charge >= 0.3 is 0 Å². The highest BCUT2D eigenvalue weighted by Gasteiger charge is 2.30. The van der Waals surface area contributed by atoms with Gasteiger partial charge in [0.05, 0.1) is 0 Å². The molecule has 94 valence electrons. The molecule has 1 aliphatic heterocycles. The van der Waals surface area contributed by atoms with Crippen molar-refractivity contribution >= 4 is 11.8 Å². The predicted molar refractivity (Wildman–Crippen MR) is 68.3 cm³/mol.